The van der Waals surface area contributed by atoms with Crippen molar-refractivity contribution in [2.45, 2.75) is 24.8 Å². The van der Waals surface area contributed by atoms with Gasteiger partial charge in [0, 0.05) is 14.2 Å². The molecule has 0 aliphatic heterocycles. The highest BCUT2D eigenvalue weighted by atomic mass is 28.2. The number of ether oxygens (including phenoxy) is 2. The summed E-state index contributed by atoms with van der Waals surface area (Å²) in [4.78, 5) is 0. The molecule has 0 aromatic rings. The molecular weight excluding hydrogens is 192 g/mol. The van der Waals surface area contributed by atoms with Gasteiger partial charge in [-0.25, -0.2) is 0 Å². The molecule has 0 heterocycles. The number of hydrogen-bond acceptors (Lipinski definition) is 2. The molecule has 0 radical (unpaired) electrons. The standard InChI is InChI=1S/C11H20O2Si/c1-12-11(13-2)14-7-10-6-8-3-4-9(10)5-8/h3-4,8-11H,5-7,14H2,1-2H3. The van der Waals surface area contributed by atoms with Crippen molar-refractivity contribution in [3.63, 3.8) is 0 Å². The third kappa shape index (κ3) is 2.10. The Balaban J connectivity index is 1.74. The molecule has 2 nitrogen and oxygen atoms in total. The number of rotatable bonds is 5. The van der Waals surface area contributed by atoms with Crippen LogP contribution in [0.2, 0.25) is 6.04 Å². The summed E-state index contributed by atoms with van der Waals surface area (Å²) in [6, 6.07) is 1.39. The first-order chi connectivity index (χ1) is 6.83. The highest BCUT2D eigenvalue weighted by Crippen LogP contribution is 2.45. The minimum Gasteiger partial charge on any atom is -0.360 e. The summed E-state index contributed by atoms with van der Waals surface area (Å²) in [6.45, 7) is 0. The van der Waals surface area contributed by atoms with E-state index in [1.165, 1.54) is 18.9 Å². The van der Waals surface area contributed by atoms with Gasteiger partial charge >= 0.3 is 0 Å². The van der Waals surface area contributed by atoms with E-state index in [0.29, 0.717) is 0 Å². The lowest BCUT2D eigenvalue weighted by atomic mass is 9.96. The predicted molar refractivity (Wildman–Crippen MR) is 60.0 cm³/mol. The van der Waals surface area contributed by atoms with E-state index in [1.54, 1.807) is 14.2 Å². The van der Waals surface area contributed by atoms with E-state index < -0.39 is 0 Å². The van der Waals surface area contributed by atoms with Gasteiger partial charge in [0.05, 0.1) is 9.52 Å². The van der Waals surface area contributed by atoms with E-state index in [2.05, 4.69) is 12.2 Å². The second-order valence-electron chi connectivity index (χ2n) is 4.52. The summed E-state index contributed by atoms with van der Waals surface area (Å²) in [5, 5.41) is 0. The van der Waals surface area contributed by atoms with Crippen LogP contribution in [-0.2, 0) is 9.47 Å². The molecule has 2 rings (SSSR count). The van der Waals surface area contributed by atoms with Crippen molar-refractivity contribution in [3.8, 4) is 0 Å². The predicted octanol–water partition coefficient (Wildman–Crippen LogP) is 1.36. The summed E-state index contributed by atoms with van der Waals surface area (Å²) in [5.74, 6) is 2.88. The van der Waals surface area contributed by atoms with E-state index in [1.807, 2.05) is 0 Å². The maximum absolute atomic E-state index is 5.26. The van der Waals surface area contributed by atoms with Crippen LogP contribution in [0.5, 0.6) is 0 Å². The lowest BCUT2D eigenvalue weighted by Gasteiger charge is -2.20. The molecule has 0 N–H and O–H groups in total. The van der Waals surface area contributed by atoms with Crippen LogP contribution in [0, 0.1) is 17.8 Å². The quantitative estimate of drug-likeness (QED) is 0.389. The zero-order valence-corrected chi connectivity index (χ0v) is 10.5. The number of allylic oxidation sites excluding steroid dienone is 2. The van der Waals surface area contributed by atoms with Crippen LogP contribution in [0.1, 0.15) is 12.8 Å². The molecule has 0 spiro atoms. The maximum Gasteiger partial charge on any atom is 0.134 e. The van der Waals surface area contributed by atoms with Gasteiger partial charge in [0.15, 0.2) is 0 Å². The Morgan fingerprint density at radius 3 is 2.57 bits per heavy atom. The van der Waals surface area contributed by atoms with Crippen LogP contribution in [0.25, 0.3) is 0 Å². The Bertz CT molecular complexity index is 213. The SMILES string of the molecule is COC(OC)[SiH2]CC1CC2C=CC1C2. The first-order valence-electron chi connectivity index (χ1n) is 5.57. The normalized spacial score (nSPS) is 35.5. The van der Waals surface area contributed by atoms with Crippen LogP contribution in [-0.4, -0.2) is 29.7 Å². The molecule has 3 heteroatoms. The first-order valence-corrected chi connectivity index (χ1v) is 7.39. The monoisotopic (exact) mass is 212 g/mol. The molecule has 0 aromatic heterocycles. The maximum atomic E-state index is 5.26. The minimum atomic E-state index is -0.203. The van der Waals surface area contributed by atoms with Crippen molar-refractivity contribution < 1.29 is 9.47 Å². The summed E-state index contributed by atoms with van der Waals surface area (Å²) >= 11 is 0. The molecule has 1 fully saturated rings. The fourth-order valence-corrected chi connectivity index (χ4v) is 4.74. The Morgan fingerprint density at radius 1 is 1.29 bits per heavy atom. The number of methoxy groups -OCH3 is 2. The highest BCUT2D eigenvalue weighted by molar-refractivity contribution is 6.36. The third-order valence-electron chi connectivity index (χ3n) is 3.72. The van der Waals surface area contributed by atoms with Crippen molar-refractivity contribution in [1.29, 1.82) is 0 Å². The fourth-order valence-electron chi connectivity index (χ4n) is 2.91. The molecule has 2 aliphatic carbocycles. The third-order valence-corrected chi connectivity index (χ3v) is 5.93. The largest absolute Gasteiger partial charge is 0.360 e. The average molecular weight is 212 g/mol. The van der Waals surface area contributed by atoms with Gasteiger partial charge in [-0.1, -0.05) is 18.2 Å². The van der Waals surface area contributed by atoms with Gasteiger partial charge in [-0.3, -0.25) is 0 Å². The van der Waals surface area contributed by atoms with Crippen LogP contribution < -0.4 is 0 Å². The first kappa shape index (κ1) is 10.4. The highest BCUT2D eigenvalue weighted by Gasteiger charge is 2.35. The van der Waals surface area contributed by atoms with Gasteiger partial charge in [0.1, 0.15) is 5.91 Å². The Morgan fingerprint density at radius 2 is 2.07 bits per heavy atom. The second-order valence-corrected chi connectivity index (χ2v) is 6.34. The molecule has 2 bridgehead atoms. The van der Waals surface area contributed by atoms with Gasteiger partial charge in [-0.2, -0.15) is 0 Å². The molecule has 0 aromatic carbocycles. The van der Waals surface area contributed by atoms with E-state index in [9.17, 15) is 0 Å². The van der Waals surface area contributed by atoms with Crippen molar-refractivity contribution in [3.05, 3.63) is 12.2 Å². The Hall–Kier alpha value is -0.123. The van der Waals surface area contributed by atoms with Gasteiger partial charge in [-0.15, -0.1) is 0 Å². The summed E-state index contributed by atoms with van der Waals surface area (Å²) in [6.07, 6.45) is 7.69. The Kier molecular flexibility index (Phi) is 3.41. The van der Waals surface area contributed by atoms with Crippen molar-refractivity contribution >= 4 is 9.52 Å². The van der Waals surface area contributed by atoms with Crippen molar-refractivity contribution in [2.75, 3.05) is 14.2 Å². The number of fused-ring (bicyclic) bond motifs is 2. The van der Waals surface area contributed by atoms with Crippen LogP contribution in [0.3, 0.4) is 0 Å². The van der Waals surface area contributed by atoms with E-state index in [4.69, 9.17) is 9.47 Å². The fraction of sp³-hybridized carbons (Fsp3) is 0.818. The lowest BCUT2D eigenvalue weighted by molar-refractivity contribution is -0.0444. The van der Waals surface area contributed by atoms with E-state index in [0.717, 1.165) is 17.8 Å². The van der Waals surface area contributed by atoms with Crippen LogP contribution >= 0.6 is 0 Å². The molecule has 3 atom stereocenters. The molecule has 0 amide bonds. The molecule has 3 unspecified atom stereocenters. The van der Waals surface area contributed by atoms with Crippen molar-refractivity contribution in [2.24, 2.45) is 17.8 Å². The lowest BCUT2D eigenvalue weighted by Crippen LogP contribution is -2.24. The van der Waals surface area contributed by atoms with Gasteiger partial charge < -0.3 is 9.47 Å². The molecule has 0 saturated heterocycles. The molecule has 80 valence electrons. The summed E-state index contributed by atoms with van der Waals surface area (Å²) in [7, 11) is 3.30. The van der Waals surface area contributed by atoms with Crippen LogP contribution in [0.4, 0.5) is 0 Å². The van der Waals surface area contributed by atoms with Crippen molar-refractivity contribution in [1.82, 2.24) is 0 Å². The van der Waals surface area contributed by atoms with Gasteiger partial charge in [0.2, 0.25) is 0 Å². The van der Waals surface area contributed by atoms with Crippen LogP contribution in [0.15, 0.2) is 12.2 Å². The zero-order valence-electron chi connectivity index (χ0n) is 9.11. The van der Waals surface area contributed by atoms with E-state index in [-0.39, 0.29) is 15.4 Å². The Labute approximate surface area is 88.5 Å². The molecular formula is C11H20O2Si. The zero-order chi connectivity index (χ0) is 9.97. The summed E-state index contributed by atoms with van der Waals surface area (Å²) < 4.78 is 10.5. The summed E-state index contributed by atoms with van der Waals surface area (Å²) in [5.41, 5.74) is 0. The second kappa shape index (κ2) is 4.60. The minimum absolute atomic E-state index is 0.137. The average Bonchev–Trinajstić information content (AvgIpc) is 2.80. The smallest absolute Gasteiger partial charge is 0.134 e. The topological polar surface area (TPSA) is 18.5 Å². The van der Waals surface area contributed by atoms with Gasteiger partial charge in [-0.05, 0) is 30.6 Å². The van der Waals surface area contributed by atoms with Gasteiger partial charge in [0.25, 0.3) is 0 Å². The molecule has 2 aliphatic rings. The molecule has 14 heavy (non-hydrogen) atoms. The molecule has 1 saturated carbocycles. The number of hydrogen-bond donors (Lipinski definition) is 0. The van der Waals surface area contributed by atoms with E-state index >= 15 is 0 Å².